The predicted molar refractivity (Wildman–Crippen MR) is 138 cm³/mol. The van der Waals surface area contributed by atoms with Crippen molar-refractivity contribution in [2.45, 2.75) is 46.2 Å². The SMILES string of the molecule is CC1CC(C)CN(Cc2ccccc2CNC(=O)C2CCN(C(=O)COc3ccccc3)CC2)C1. The van der Waals surface area contributed by atoms with Gasteiger partial charge in [0.15, 0.2) is 6.61 Å². The molecule has 6 nitrogen and oxygen atoms in total. The lowest BCUT2D eigenvalue weighted by Crippen LogP contribution is -2.44. The number of rotatable bonds is 8. The zero-order valence-electron chi connectivity index (χ0n) is 21.1. The maximum atomic E-state index is 12.9. The van der Waals surface area contributed by atoms with Gasteiger partial charge in [0.05, 0.1) is 0 Å². The van der Waals surface area contributed by atoms with Gasteiger partial charge in [-0.1, -0.05) is 56.3 Å². The first-order valence-corrected chi connectivity index (χ1v) is 13.0. The van der Waals surface area contributed by atoms with E-state index < -0.39 is 0 Å². The highest BCUT2D eigenvalue weighted by Gasteiger charge is 2.28. The molecule has 2 amide bonds. The van der Waals surface area contributed by atoms with E-state index in [1.807, 2.05) is 41.3 Å². The van der Waals surface area contributed by atoms with Crippen LogP contribution in [0.4, 0.5) is 0 Å². The minimum Gasteiger partial charge on any atom is -0.484 e. The minimum atomic E-state index is -0.0509. The van der Waals surface area contributed by atoms with Gasteiger partial charge in [-0.05, 0) is 54.4 Å². The van der Waals surface area contributed by atoms with Crippen LogP contribution >= 0.6 is 0 Å². The summed E-state index contributed by atoms with van der Waals surface area (Å²) < 4.78 is 5.59. The molecule has 188 valence electrons. The van der Waals surface area contributed by atoms with Crippen LogP contribution < -0.4 is 10.1 Å². The van der Waals surface area contributed by atoms with Crippen LogP contribution in [-0.2, 0) is 22.7 Å². The van der Waals surface area contributed by atoms with E-state index in [2.05, 4.69) is 42.3 Å². The quantitative estimate of drug-likeness (QED) is 0.622. The molecule has 4 rings (SSSR count). The summed E-state index contributed by atoms with van der Waals surface area (Å²) in [6, 6.07) is 17.8. The molecule has 0 aliphatic carbocycles. The van der Waals surface area contributed by atoms with Crippen LogP contribution in [0.5, 0.6) is 5.75 Å². The summed E-state index contributed by atoms with van der Waals surface area (Å²) >= 11 is 0. The minimum absolute atomic E-state index is 0.0250. The average molecular weight is 478 g/mol. The lowest BCUT2D eigenvalue weighted by molar-refractivity contribution is -0.137. The Hall–Kier alpha value is -2.86. The number of nitrogens with zero attached hydrogens (tertiary/aromatic N) is 2. The number of carbonyl (C=O) groups excluding carboxylic acids is 2. The van der Waals surface area contributed by atoms with Crippen LogP contribution in [0.15, 0.2) is 54.6 Å². The second-order valence-corrected chi connectivity index (χ2v) is 10.4. The number of benzene rings is 2. The Kier molecular flexibility index (Phi) is 8.80. The van der Waals surface area contributed by atoms with Crippen molar-refractivity contribution in [1.82, 2.24) is 15.1 Å². The molecular formula is C29H39N3O3. The Morgan fingerprint density at radius 3 is 2.23 bits per heavy atom. The van der Waals surface area contributed by atoms with Crippen molar-refractivity contribution in [2.75, 3.05) is 32.8 Å². The number of ether oxygens (including phenoxy) is 1. The van der Waals surface area contributed by atoms with Gasteiger partial charge < -0.3 is 15.0 Å². The van der Waals surface area contributed by atoms with Crippen molar-refractivity contribution in [2.24, 2.45) is 17.8 Å². The van der Waals surface area contributed by atoms with E-state index in [0.29, 0.717) is 38.2 Å². The van der Waals surface area contributed by atoms with Crippen molar-refractivity contribution in [3.8, 4) is 5.75 Å². The average Bonchev–Trinajstić information content (AvgIpc) is 2.86. The largest absolute Gasteiger partial charge is 0.484 e. The summed E-state index contributed by atoms with van der Waals surface area (Å²) in [5.41, 5.74) is 2.49. The maximum absolute atomic E-state index is 12.9. The first kappa shape index (κ1) is 25.2. The van der Waals surface area contributed by atoms with E-state index in [1.165, 1.54) is 17.5 Å². The number of likely N-dealkylation sites (tertiary alicyclic amines) is 2. The topological polar surface area (TPSA) is 61.9 Å². The molecule has 2 saturated heterocycles. The normalized spacial score (nSPS) is 21.5. The smallest absolute Gasteiger partial charge is 0.260 e. The summed E-state index contributed by atoms with van der Waals surface area (Å²) in [5, 5.41) is 3.17. The third-order valence-electron chi connectivity index (χ3n) is 7.23. The van der Waals surface area contributed by atoms with Gasteiger partial charge >= 0.3 is 0 Å². The third-order valence-corrected chi connectivity index (χ3v) is 7.23. The summed E-state index contributed by atoms with van der Waals surface area (Å²) in [6.07, 6.45) is 2.68. The van der Waals surface area contributed by atoms with Gasteiger partial charge in [0.2, 0.25) is 5.91 Å². The third kappa shape index (κ3) is 7.31. The summed E-state index contributed by atoms with van der Waals surface area (Å²) in [7, 11) is 0. The summed E-state index contributed by atoms with van der Waals surface area (Å²) in [5.74, 6) is 2.17. The van der Waals surface area contributed by atoms with Gasteiger partial charge in [0.25, 0.3) is 5.91 Å². The van der Waals surface area contributed by atoms with Crippen LogP contribution in [0.3, 0.4) is 0 Å². The number of hydrogen-bond donors (Lipinski definition) is 1. The van der Waals surface area contributed by atoms with E-state index >= 15 is 0 Å². The molecule has 2 heterocycles. The Bertz CT molecular complexity index is 962. The van der Waals surface area contributed by atoms with E-state index in [4.69, 9.17) is 4.74 Å². The highest BCUT2D eigenvalue weighted by Crippen LogP contribution is 2.24. The second kappa shape index (κ2) is 12.2. The molecule has 1 N–H and O–H groups in total. The Morgan fingerprint density at radius 1 is 0.914 bits per heavy atom. The lowest BCUT2D eigenvalue weighted by Gasteiger charge is -2.35. The molecule has 2 aliphatic rings. The lowest BCUT2D eigenvalue weighted by atomic mass is 9.91. The number of hydrogen-bond acceptors (Lipinski definition) is 4. The number of nitrogens with one attached hydrogen (secondary N) is 1. The van der Waals surface area contributed by atoms with Gasteiger partial charge in [-0.2, -0.15) is 0 Å². The number of carbonyl (C=O) groups is 2. The van der Waals surface area contributed by atoms with E-state index in [0.717, 1.165) is 31.5 Å². The van der Waals surface area contributed by atoms with E-state index in [-0.39, 0.29) is 24.3 Å². The first-order chi connectivity index (χ1) is 17.0. The van der Waals surface area contributed by atoms with Crippen molar-refractivity contribution in [3.05, 3.63) is 65.7 Å². The number of piperidine rings is 2. The Balaban J connectivity index is 1.22. The Morgan fingerprint density at radius 2 is 1.54 bits per heavy atom. The van der Waals surface area contributed by atoms with Crippen molar-refractivity contribution in [1.29, 1.82) is 0 Å². The molecule has 2 atom stereocenters. The van der Waals surface area contributed by atoms with Crippen LogP contribution in [-0.4, -0.2) is 54.4 Å². The molecule has 2 aromatic rings. The maximum Gasteiger partial charge on any atom is 0.260 e. The van der Waals surface area contributed by atoms with Gasteiger partial charge in [-0.3, -0.25) is 14.5 Å². The molecule has 2 aliphatic heterocycles. The second-order valence-electron chi connectivity index (χ2n) is 10.4. The predicted octanol–water partition coefficient (Wildman–Crippen LogP) is 4.10. The van der Waals surface area contributed by atoms with Gasteiger partial charge in [0.1, 0.15) is 5.75 Å². The molecule has 35 heavy (non-hydrogen) atoms. The number of para-hydroxylation sites is 1. The molecule has 2 unspecified atom stereocenters. The fourth-order valence-electron chi connectivity index (χ4n) is 5.52. The molecule has 2 aromatic carbocycles. The molecule has 0 bridgehead atoms. The molecular weight excluding hydrogens is 438 g/mol. The van der Waals surface area contributed by atoms with Crippen LogP contribution in [0.2, 0.25) is 0 Å². The van der Waals surface area contributed by atoms with Gasteiger partial charge in [-0.15, -0.1) is 0 Å². The zero-order chi connectivity index (χ0) is 24.6. The fraction of sp³-hybridized carbons (Fsp3) is 0.517. The van der Waals surface area contributed by atoms with Crippen LogP contribution in [0, 0.1) is 17.8 Å². The highest BCUT2D eigenvalue weighted by molar-refractivity contribution is 5.80. The van der Waals surface area contributed by atoms with Crippen molar-refractivity contribution >= 4 is 11.8 Å². The van der Waals surface area contributed by atoms with Crippen LogP contribution in [0.1, 0.15) is 44.2 Å². The standard InChI is InChI=1S/C29H39N3O3/c1-22-16-23(2)19-31(18-22)20-26-9-7-6-8-25(26)17-30-29(34)24-12-14-32(15-13-24)28(33)21-35-27-10-4-3-5-11-27/h3-11,22-24H,12-21H2,1-2H3,(H,30,34). The molecule has 0 spiro atoms. The Labute approximate surface area is 209 Å². The monoisotopic (exact) mass is 477 g/mol. The number of amides is 2. The molecule has 0 saturated carbocycles. The van der Waals surface area contributed by atoms with Crippen LogP contribution in [0.25, 0.3) is 0 Å². The highest BCUT2D eigenvalue weighted by atomic mass is 16.5. The van der Waals surface area contributed by atoms with E-state index in [1.54, 1.807) is 0 Å². The molecule has 0 radical (unpaired) electrons. The van der Waals surface area contributed by atoms with Crippen molar-refractivity contribution < 1.29 is 14.3 Å². The molecule has 0 aromatic heterocycles. The van der Waals surface area contributed by atoms with E-state index in [9.17, 15) is 9.59 Å². The van der Waals surface area contributed by atoms with Gasteiger partial charge in [-0.25, -0.2) is 0 Å². The fourth-order valence-corrected chi connectivity index (χ4v) is 5.52. The summed E-state index contributed by atoms with van der Waals surface area (Å²) in [6.45, 7) is 9.66. The summed E-state index contributed by atoms with van der Waals surface area (Å²) in [4.78, 5) is 29.8. The molecule has 6 heteroatoms. The van der Waals surface area contributed by atoms with Crippen molar-refractivity contribution in [3.63, 3.8) is 0 Å². The first-order valence-electron chi connectivity index (χ1n) is 13.0. The van der Waals surface area contributed by atoms with Gasteiger partial charge in [0, 0.05) is 45.2 Å². The zero-order valence-corrected chi connectivity index (χ0v) is 21.1. The molecule has 2 fully saturated rings.